The number of alkyl halides is 1. The van der Waals surface area contributed by atoms with Gasteiger partial charge < -0.3 is 5.32 Å². The number of amidine groups is 1. The quantitative estimate of drug-likeness (QED) is 0.518. The van der Waals surface area contributed by atoms with E-state index < -0.39 is 6.17 Å². The van der Waals surface area contributed by atoms with Gasteiger partial charge in [0.15, 0.2) is 0 Å². The summed E-state index contributed by atoms with van der Waals surface area (Å²) in [5, 5.41) is 10.1. The minimum absolute atomic E-state index is 0.0174. The molecule has 2 N–H and O–H groups in total. The Morgan fingerprint density at radius 3 is 3.00 bits per heavy atom. The van der Waals surface area contributed by atoms with Gasteiger partial charge in [-0.25, -0.2) is 4.39 Å². The highest BCUT2D eigenvalue weighted by atomic mass is 19.1. The third-order valence-corrected chi connectivity index (χ3v) is 2.51. The van der Waals surface area contributed by atoms with Crippen LogP contribution >= 0.6 is 0 Å². The number of fused-ring (bicyclic) bond motifs is 1. The molecular weight excluding hydrogens is 131 g/mol. The Labute approximate surface area is 59.3 Å². The SMILES string of the molecule is CC1CC(=N)NC2C(F)C12. The lowest BCUT2D eigenvalue weighted by atomic mass is 9.98. The number of rotatable bonds is 0. The Hall–Kier alpha value is -0.600. The zero-order valence-electron chi connectivity index (χ0n) is 5.89. The number of hydrogen-bond acceptors (Lipinski definition) is 1. The predicted molar refractivity (Wildman–Crippen MR) is 36.8 cm³/mol. The summed E-state index contributed by atoms with van der Waals surface area (Å²) >= 11 is 0. The molecule has 0 radical (unpaired) electrons. The van der Waals surface area contributed by atoms with Crippen LogP contribution in [0.4, 0.5) is 4.39 Å². The fraction of sp³-hybridized carbons (Fsp3) is 0.857. The fourth-order valence-electron chi connectivity index (χ4n) is 1.86. The van der Waals surface area contributed by atoms with Gasteiger partial charge in [0.2, 0.25) is 0 Å². The zero-order valence-corrected chi connectivity index (χ0v) is 5.89. The van der Waals surface area contributed by atoms with Crippen LogP contribution in [0, 0.1) is 17.2 Å². The molecule has 1 saturated carbocycles. The van der Waals surface area contributed by atoms with Gasteiger partial charge in [0, 0.05) is 12.3 Å². The van der Waals surface area contributed by atoms with E-state index in [4.69, 9.17) is 5.41 Å². The van der Waals surface area contributed by atoms with Crippen LogP contribution in [-0.4, -0.2) is 18.0 Å². The van der Waals surface area contributed by atoms with Crippen LogP contribution in [0.15, 0.2) is 0 Å². The van der Waals surface area contributed by atoms with Crippen LogP contribution in [0.25, 0.3) is 0 Å². The van der Waals surface area contributed by atoms with Gasteiger partial charge in [-0.05, 0) is 5.92 Å². The third-order valence-electron chi connectivity index (χ3n) is 2.51. The topological polar surface area (TPSA) is 35.9 Å². The average Bonchev–Trinajstić information content (AvgIpc) is 2.42. The van der Waals surface area contributed by atoms with E-state index >= 15 is 0 Å². The van der Waals surface area contributed by atoms with E-state index in [1.165, 1.54) is 0 Å². The van der Waals surface area contributed by atoms with Gasteiger partial charge in [0.25, 0.3) is 0 Å². The molecule has 4 atom stereocenters. The summed E-state index contributed by atoms with van der Waals surface area (Å²) in [5.74, 6) is 1.08. The number of piperidine rings is 1. The molecule has 0 spiro atoms. The van der Waals surface area contributed by atoms with Crippen molar-refractivity contribution in [1.82, 2.24) is 5.32 Å². The fourth-order valence-corrected chi connectivity index (χ4v) is 1.86. The highest BCUT2D eigenvalue weighted by Crippen LogP contribution is 2.44. The average molecular weight is 142 g/mol. The maximum Gasteiger partial charge on any atom is 0.126 e. The van der Waals surface area contributed by atoms with Crippen molar-refractivity contribution >= 4 is 5.84 Å². The Morgan fingerprint density at radius 1 is 1.70 bits per heavy atom. The molecule has 2 aliphatic rings. The molecule has 0 bridgehead atoms. The van der Waals surface area contributed by atoms with Crippen molar-refractivity contribution in [2.45, 2.75) is 25.6 Å². The van der Waals surface area contributed by atoms with E-state index in [9.17, 15) is 4.39 Å². The number of hydrogen-bond donors (Lipinski definition) is 2. The van der Waals surface area contributed by atoms with Crippen LogP contribution < -0.4 is 5.32 Å². The lowest BCUT2D eigenvalue weighted by molar-refractivity contribution is 0.393. The van der Waals surface area contributed by atoms with Crippen molar-refractivity contribution in [3.63, 3.8) is 0 Å². The van der Waals surface area contributed by atoms with Gasteiger partial charge in [-0.3, -0.25) is 5.41 Å². The second kappa shape index (κ2) is 1.71. The Balaban J connectivity index is 2.09. The molecule has 10 heavy (non-hydrogen) atoms. The summed E-state index contributed by atoms with van der Waals surface area (Å²) in [7, 11) is 0. The highest BCUT2D eigenvalue weighted by Gasteiger charge is 2.56. The minimum atomic E-state index is -0.683. The van der Waals surface area contributed by atoms with Crippen LogP contribution in [0.2, 0.25) is 0 Å². The Morgan fingerprint density at radius 2 is 2.40 bits per heavy atom. The van der Waals surface area contributed by atoms with Gasteiger partial charge in [-0.2, -0.15) is 0 Å². The Kier molecular flexibility index (Phi) is 1.05. The summed E-state index contributed by atoms with van der Waals surface area (Å²) in [6, 6.07) is -0.0174. The lowest BCUT2D eigenvalue weighted by Crippen LogP contribution is -2.33. The van der Waals surface area contributed by atoms with Crippen molar-refractivity contribution in [1.29, 1.82) is 5.41 Å². The van der Waals surface area contributed by atoms with Crippen LogP contribution in [0.1, 0.15) is 13.3 Å². The molecule has 2 rings (SSSR count). The molecule has 2 nitrogen and oxygen atoms in total. The molecule has 0 aromatic carbocycles. The number of nitrogens with one attached hydrogen (secondary N) is 2. The summed E-state index contributed by atoms with van der Waals surface area (Å²) in [5.41, 5.74) is 0. The first-order chi connectivity index (χ1) is 4.70. The van der Waals surface area contributed by atoms with E-state index in [0.717, 1.165) is 6.42 Å². The third kappa shape index (κ3) is 0.662. The molecule has 1 heterocycles. The van der Waals surface area contributed by atoms with Crippen molar-refractivity contribution in [2.24, 2.45) is 11.8 Å². The second-order valence-corrected chi connectivity index (χ2v) is 3.35. The van der Waals surface area contributed by atoms with E-state index in [-0.39, 0.29) is 12.0 Å². The maximum absolute atomic E-state index is 12.7. The predicted octanol–water partition coefficient (Wildman–Crippen LogP) is 0.930. The van der Waals surface area contributed by atoms with E-state index in [2.05, 4.69) is 5.32 Å². The molecular formula is C7H11FN2. The molecule has 3 heteroatoms. The van der Waals surface area contributed by atoms with E-state index in [1.54, 1.807) is 0 Å². The smallest absolute Gasteiger partial charge is 0.126 e. The summed E-state index contributed by atoms with van der Waals surface area (Å²) in [4.78, 5) is 0. The van der Waals surface area contributed by atoms with Crippen molar-refractivity contribution < 1.29 is 4.39 Å². The Bertz CT molecular complexity index is 170. The van der Waals surface area contributed by atoms with Crippen molar-refractivity contribution in [3.05, 3.63) is 0 Å². The summed E-state index contributed by atoms with van der Waals surface area (Å²) < 4.78 is 12.7. The molecule has 2 fully saturated rings. The van der Waals surface area contributed by atoms with Crippen molar-refractivity contribution in [2.75, 3.05) is 0 Å². The normalized spacial score (nSPS) is 51.6. The summed E-state index contributed by atoms with van der Waals surface area (Å²) in [6.45, 7) is 2.02. The molecule has 0 aromatic rings. The monoisotopic (exact) mass is 142 g/mol. The van der Waals surface area contributed by atoms with Crippen LogP contribution in [-0.2, 0) is 0 Å². The molecule has 0 aromatic heterocycles. The van der Waals surface area contributed by atoms with E-state index in [1.807, 2.05) is 6.92 Å². The molecule has 56 valence electrons. The largest absolute Gasteiger partial charge is 0.368 e. The first-order valence-corrected chi connectivity index (χ1v) is 3.68. The zero-order chi connectivity index (χ0) is 7.30. The second-order valence-electron chi connectivity index (χ2n) is 3.35. The first kappa shape index (κ1) is 6.13. The van der Waals surface area contributed by atoms with Crippen molar-refractivity contribution in [3.8, 4) is 0 Å². The summed E-state index contributed by atoms with van der Waals surface area (Å²) in [6.07, 6.45) is 0.0412. The lowest BCUT2D eigenvalue weighted by Gasteiger charge is -2.17. The van der Waals surface area contributed by atoms with E-state index in [0.29, 0.717) is 11.8 Å². The van der Waals surface area contributed by atoms with Gasteiger partial charge >= 0.3 is 0 Å². The highest BCUT2D eigenvalue weighted by molar-refractivity contribution is 5.81. The molecule has 1 aliphatic carbocycles. The maximum atomic E-state index is 12.7. The van der Waals surface area contributed by atoms with Crippen LogP contribution in [0.3, 0.4) is 0 Å². The van der Waals surface area contributed by atoms with Gasteiger partial charge in [-0.15, -0.1) is 0 Å². The van der Waals surface area contributed by atoms with Gasteiger partial charge in [-0.1, -0.05) is 6.92 Å². The van der Waals surface area contributed by atoms with Gasteiger partial charge in [0.1, 0.15) is 6.17 Å². The first-order valence-electron chi connectivity index (χ1n) is 3.68. The minimum Gasteiger partial charge on any atom is -0.368 e. The van der Waals surface area contributed by atoms with Crippen LogP contribution in [0.5, 0.6) is 0 Å². The standard InChI is InChI=1S/C7H11FN2/c1-3-2-4(9)10-7-5(3)6(7)8/h3,5-7H,2H2,1H3,(H2,9,10). The van der Waals surface area contributed by atoms with Gasteiger partial charge in [0.05, 0.1) is 11.9 Å². The molecule has 4 unspecified atom stereocenters. The molecule has 1 saturated heterocycles. The molecule has 1 aliphatic heterocycles. The molecule has 0 amide bonds. The number of halogens is 1.